The first-order valence-electron chi connectivity index (χ1n) is 8.94. The summed E-state index contributed by atoms with van der Waals surface area (Å²) in [5.41, 5.74) is 5.52. The Kier molecular flexibility index (Phi) is 8.86. The lowest BCUT2D eigenvalue weighted by Crippen LogP contribution is -2.60. The number of ether oxygens (including phenoxy) is 1. The van der Waals surface area contributed by atoms with Crippen molar-refractivity contribution < 1.29 is 34.4 Å². The Hall–Kier alpha value is -2.66. The van der Waals surface area contributed by atoms with Gasteiger partial charge in [-0.1, -0.05) is 13.3 Å². The highest BCUT2D eigenvalue weighted by Crippen LogP contribution is 2.26. The summed E-state index contributed by atoms with van der Waals surface area (Å²) in [5, 5.41) is 42.6. The second-order valence-electron chi connectivity index (χ2n) is 6.59. The van der Waals surface area contributed by atoms with Crippen LogP contribution < -0.4 is 16.4 Å². The second kappa shape index (κ2) is 10.6. The van der Waals surface area contributed by atoms with E-state index in [0.717, 1.165) is 12.5 Å². The molecule has 0 spiro atoms. The fourth-order valence-electron chi connectivity index (χ4n) is 2.81. The van der Waals surface area contributed by atoms with E-state index in [9.17, 15) is 29.7 Å². The molecule has 0 fully saturated rings. The smallest absolute Gasteiger partial charge is 0.370 e. The van der Waals surface area contributed by atoms with E-state index in [2.05, 4.69) is 10.6 Å². The van der Waals surface area contributed by atoms with Crippen molar-refractivity contribution in [2.24, 2.45) is 11.7 Å². The summed E-state index contributed by atoms with van der Waals surface area (Å²) in [6.45, 7) is 2.82. The number of aliphatic hydroxyl groups is 2. The van der Waals surface area contributed by atoms with Gasteiger partial charge in [-0.05, 0) is 12.5 Å². The number of aliphatic carboxylic acids is 1. The van der Waals surface area contributed by atoms with Crippen molar-refractivity contribution in [3.8, 4) is 0 Å². The van der Waals surface area contributed by atoms with Crippen LogP contribution in [0.25, 0.3) is 0 Å². The molecular weight excluding hydrogens is 372 g/mol. The van der Waals surface area contributed by atoms with Gasteiger partial charge in [0, 0.05) is 19.9 Å². The van der Waals surface area contributed by atoms with Gasteiger partial charge in [0.2, 0.25) is 17.6 Å². The predicted molar refractivity (Wildman–Crippen MR) is 98.1 cm³/mol. The molecule has 1 aliphatic heterocycles. The maximum absolute atomic E-state index is 11.7. The van der Waals surface area contributed by atoms with Gasteiger partial charge in [0.15, 0.2) is 0 Å². The zero-order valence-electron chi connectivity index (χ0n) is 15.8. The molecule has 0 aromatic carbocycles. The van der Waals surface area contributed by atoms with E-state index < -0.39 is 53.7 Å². The summed E-state index contributed by atoms with van der Waals surface area (Å²) in [6.07, 6.45) is -1.76. The number of aliphatic hydroxyl groups excluding tert-OH is 2. The van der Waals surface area contributed by atoms with Crippen molar-refractivity contribution in [2.75, 3.05) is 6.54 Å². The van der Waals surface area contributed by atoms with Gasteiger partial charge in [0.25, 0.3) is 0 Å². The zero-order chi connectivity index (χ0) is 21.4. The second-order valence-corrected chi connectivity index (χ2v) is 6.59. The number of carbonyl (C=O) groups is 3. The number of nitrogens with two attached hydrogens (primary N) is 1. The Labute approximate surface area is 162 Å². The first-order valence-corrected chi connectivity index (χ1v) is 8.94. The third kappa shape index (κ3) is 6.50. The van der Waals surface area contributed by atoms with Crippen molar-refractivity contribution >= 4 is 23.6 Å². The zero-order valence-corrected chi connectivity index (χ0v) is 15.8. The molecule has 0 saturated heterocycles. The monoisotopic (exact) mass is 400 g/mol. The summed E-state index contributed by atoms with van der Waals surface area (Å²) in [5.74, 6) is -4.34. The molecular formula is C17H28N4O7. The summed E-state index contributed by atoms with van der Waals surface area (Å²) in [7, 11) is 0. The molecule has 0 aromatic rings. The number of nitrogens with one attached hydrogen (secondary N) is 3. The van der Waals surface area contributed by atoms with Crippen LogP contribution in [-0.4, -0.2) is 69.8 Å². The Morgan fingerprint density at radius 1 is 1.36 bits per heavy atom. The molecule has 0 bridgehead atoms. The van der Waals surface area contributed by atoms with Crippen LogP contribution in [0.15, 0.2) is 11.8 Å². The van der Waals surface area contributed by atoms with Gasteiger partial charge < -0.3 is 36.4 Å². The first kappa shape index (κ1) is 23.4. The van der Waals surface area contributed by atoms with E-state index in [1.54, 1.807) is 0 Å². The van der Waals surface area contributed by atoms with Gasteiger partial charge in [-0.2, -0.15) is 0 Å². The van der Waals surface area contributed by atoms with Gasteiger partial charge in [-0.25, -0.2) is 4.79 Å². The standard InChI is InChI=1S/C17H28N4O7/c1-3-4-5-12(24)20-7-10(23)14(25)15-13(21-8(2)22)9(16(18)19)6-11(28-15)17(26)27/h6,9-10,13-15,23,25H,3-5,7H2,1-2H3,(H3,18,19)(H,20,24)(H,21,22)(H,26,27)/t9-,10+,13+,14+,15+/m0/s1. The highest BCUT2D eigenvalue weighted by Gasteiger charge is 2.44. The Morgan fingerprint density at radius 3 is 2.50 bits per heavy atom. The Balaban J connectivity index is 2.99. The number of amides is 2. The molecule has 11 nitrogen and oxygen atoms in total. The fourth-order valence-corrected chi connectivity index (χ4v) is 2.81. The average Bonchev–Trinajstić information content (AvgIpc) is 2.62. The molecule has 158 valence electrons. The minimum Gasteiger partial charge on any atom is -0.478 e. The summed E-state index contributed by atoms with van der Waals surface area (Å²) < 4.78 is 5.27. The summed E-state index contributed by atoms with van der Waals surface area (Å²) >= 11 is 0. The van der Waals surface area contributed by atoms with Crippen LogP contribution in [-0.2, 0) is 19.1 Å². The van der Waals surface area contributed by atoms with E-state index in [4.69, 9.17) is 15.9 Å². The van der Waals surface area contributed by atoms with Crippen LogP contribution >= 0.6 is 0 Å². The molecule has 1 rings (SSSR count). The quantitative estimate of drug-likeness (QED) is 0.169. The molecule has 1 heterocycles. The number of carboxylic acid groups (broad SMARTS) is 1. The fraction of sp³-hybridized carbons (Fsp3) is 0.647. The molecule has 0 aromatic heterocycles. The van der Waals surface area contributed by atoms with E-state index >= 15 is 0 Å². The van der Waals surface area contributed by atoms with Crippen molar-refractivity contribution in [2.45, 2.75) is 57.5 Å². The first-order chi connectivity index (χ1) is 13.1. The lowest BCUT2D eigenvalue weighted by atomic mass is 9.86. The number of rotatable bonds is 10. The van der Waals surface area contributed by atoms with Gasteiger partial charge >= 0.3 is 5.97 Å². The molecule has 2 amide bonds. The van der Waals surface area contributed by atoms with Crippen molar-refractivity contribution in [3.05, 3.63) is 11.8 Å². The highest BCUT2D eigenvalue weighted by atomic mass is 16.5. The van der Waals surface area contributed by atoms with Crippen LogP contribution in [0.3, 0.4) is 0 Å². The SMILES string of the molecule is CCCCC(=O)NC[C@@H](O)[C@@H](O)[C@@H]1OC(C(=O)O)=C[C@H](C(=N)N)[C@H]1NC(C)=O. The van der Waals surface area contributed by atoms with E-state index in [1.807, 2.05) is 6.92 Å². The molecule has 0 unspecified atom stereocenters. The van der Waals surface area contributed by atoms with Crippen molar-refractivity contribution in [1.29, 1.82) is 5.41 Å². The minimum absolute atomic E-state index is 0.270. The van der Waals surface area contributed by atoms with E-state index in [0.29, 0.717) is 6.42 Å². The molecule has 0 aliphatic carbocycles. The molecule has 28 heavy (non-hydrogen) atoms. The number of amidine groups is 1. The molecule has 11 heteroatoms. The summed E-state index contributed by atoms with van der Waals surface area (Å²) in [6, 6.07) is -1.08. The van der Waals surface area contributed by atoms with Crippen LogP contribution in [0.1, 0.15) is 33.1 Å². The maximum atomic E-state index is 11.7. The van der Waals surface area contributed by atoms with Crippen molar-refractivity contribution in [3.63, 3.8) is 0 Å². The molecule has 5 atom stereocenters. The summed E-state index contributed by atoms with van der Waals surface area (Å²) in [4.78, 5) is 34.5. The van der Waals surface area contributed by atoms with Gasteiger partial charge in [-0.3, -0.25) is 15.0 Å². The number of hydrogen-bond donors (Lipinski definition) is 7. The highest BCUT2D eigenvalue weighted by molar-refractivity contribution is 5.89. The molecule has 1 aliphatic rings. The van der Waals surface area contributed by atoms with Crippen LogP contribution in [0.2, 0.25) is 0 Å². The lowest BCUT2D eigenvalue weighted by Gasteiger charge is -2.39. The number of carbonyl (C=O) groups excluding carboxylic acids is 2. The van der Waals surface area contributed by atoms with Gasteiger partial charge in [0.1, 0.15) is 18.3 Å². The van der Waals surface area contributed by atoms with Crippen molar-refractivity contribution in [1.82, 2.24) is 10.6 Å². The normalized spacial score (nSPS) is 23.6. The predicted octanol–water partition coefficient (Wildman–Crippen LogP) is -1.56. The van der Waals surface area contributed by atoms with Gasteiger partial charge in [0.05, 0.1) is 17.8 Å². The average molecular weight is 400 g/mol. The molecule has 8 N–H and O–H groups in total. The lowest BCUT2D eigenvalue weighted by molar-refractivity contribution is -0.144. The van der Waals surface area contributed by atoms with E-state index in [-0.39, 0.29) is 18.9 Å². The Bertz CT molecular complexity index is 637. The van der Waals surface area contributed by atoms with Crippen LogP contribution in [0, 0.1) is 11.3 Å². The number of hydrogen-bond acceptors (Lipinski definition) is 7. The van der Waals surface area contributed by atoms with Gasteiger partial charge in [-0.15, -0.1) is 0 Å². The topological polar surface area (TPSA) is 195 Å². The number of carboxylic acids is 1. The third-order valence-corrected chi connectivity index (χ3v) is 4.27. The molecule has 0 radical (unpaired) electrons. The van der Waals surface area contributed by atoms with Crippen LogP contribution in [0.4, 0.5) is 0 Å². The Morgan fingerprint density at radius 2 is 2.00 bits per heavy atom. The maximum Gasteiger partial charge on any atom is 0.370 e. The third-order valence-electron chi connectivity index (χ3n) is 4.27. The van der Waals surface area contributed by atoms with Crippen LogP contribution in [0.5, 0.6) is 0 Å². The molecule has 0 saturated carbocycles. The minimum atomic E-state index is -1.67. The largest absolute Gasteiger partial charge is 0.478 e. The van der Waals surface area contributed by atoms with E-state index in [1.165, 1.54) is 6.92 Å². The number of unbranched alkanes of at least 4 members (excludes halogenated alkanes) is 1.